The summed E-state index contributed by atoms with van der Waals surface area (Å²) in [4.78, 5) is 16.4. The van der Waals surface area contributed by atoms with Crippen molar-refractivity contribution >= 4 is 17.2 Å². The fourth-order valence-electron chi connectivity index (χ4n) is 2.61. The van der Waals surface area contributed by atoms with Crippen molar-refractivity contribution in [2.75, 3.05) is 13.7 Å². The van der Waals surface area contributed by atoms with Gasteiger partial charge in [-0.3, -0.25) is 4.79 Å². The van der Waals surface area contributed by atoms with Crippen LogP contribution in [-0.2, 0) is 17.6 Å². The van der Waals surface area contributed by atoms with Crippen LogP contribution in [0.2, 0.25) is 0 Å². The van der Waals surface area contributed by atoms with Crippen molar-refractivity contribution < 1.29 is 14.1 Å². The van der Waals surface area contributed by atoms with E-state index in [1.807, 2.05) is 35.9 Å². The van der Waals surface area contributed by atoms with E-state index in [0.717, 1.165) is 23.3 Å². The summed E-state index contributed by atoms with van der Waals surface area (Å²) in [7, 11) is 1.65. The van der Waals surface area contributed by atoms with Gasteiger partial charge in [-0.1, -0.05) is 22.9 Å². The standard InChI is InChI=1S/C19H21N3O3S/c1-13-3-4-16(24-2)14(11-13)7-9-20-17(23)5-6-18-21-19(22-25-18)15-8-10-26-12-15/h3-4,8,10-12H,5-7,9H2,1-2H3,(H,20,23). The number of nitrogens with zero attached hydrogens (tertiary/aromatic N) is 2. The average Bonchev–Trinajstić information content (AvgIpc) is 3.31. The molecule has 0 atom stereocenters. The van der Waals surface area contributed by atoms with Gasteiger partial charge in [0.05, 0.1) is 7.11 Å². The molecule has 1 aromatic carbocycles. The average molecular weight is 371 g/mol. The Balaban J connectivity index is 1.44. The fraction of sp³-hybridized carbons (Fsp3) is 0.316. The fourth-order valence-corrected chi connectivity index (χ4v) is 3.25. The SMILES string of the molecule is COc1ccc(C)cc1CCNC(=O)CCc1nc(-c2ccsc2)no1. The van der Waals surface area contributed by atoms with E-state index < -0.39 is 0 Å². The second kappa shape index (κ2) is 8.62. The van der Waals surface area contributed by atoms with Crippen LogP contribution in [0.1, 0.15) is 23.4 Å². The number of thiophene rings is 1. The molecule has 7 heteroatoms. The summed E-state index contributed by atoms with van der Waals surface area (Å²) in [5, 5.41) is 10.8. The third kappa shape index (κ3) is 4.70. The Hall–Kier alpha value is -2.67. The summed E-state index contributed by atoms with van der Waals surface area (Å²) in [5.74, 6) is 1.85. The summed E-state index contributed by atoms with van der Waals surface area (Å²) in [6.45, 7) is 2.60. The third-order valence-corrected chi connectivity index (χ3v) is 4.65. The zero-order valence-electron chi connectivity index (χ0n) is 14.8. The van der Waals surface area contributed by atoms with Crippen LogP contribution in [0.25, 0.3) is 11.4 Å². The molecule has 1 amide bonds. The number of methoxy groups -OCH3 is 1. The lowest BCUT2D eigenvalue weighted by molar-refractivity contribution is -0.121. The number of carbonyl (C=O) groups excluding carboxylic acids is 1. The van der Waals surface area contributed by atoms with Crippen LogP contribution in [0, 0.1) is 6.92 Å². The summed E-state index contributed by atoms with van der Waals surface area (Å²) < 4.78 is 10.6. The van der Waals surface area contributed by atoms with Gasteiger partial charge < -0.3 is 14.6 Å². The summed E-state index contributed by atoms with van der Waals surface area (Å²) >= 11 is 1.58. The number of carbonyl (C=O) groups is 1. The molecule has 3 aromatic rings. The van der Waals surface area contributed by atoms with E-state index in [1.54, 1.807) is 18.4 Å². The first kappa shape index (κ1) is 18.1. The molecule has 0 aliphatic carbocycles. The Labute approximate surface area is 156 Å². The molecule has 0 aliphatic heterocycles. The van der Waals surface area contributed by atoms with E-state index in [1.165, 1.54) is 5.56 Å². The number of aryl methyl sites for hydroxylation is 2. The number of nitrogens with one attached hydrogen (secondary N) is 1. The molecule has 0 radical (unpaired) electrons. The number of benzene rings is 1. The monoisotopic (exact) mass is 371 g/mol. The predicted octanol–water partition coefficient (Wildman–Crippen LogP) is 3.41. The number of hydrogen-bond donors (Lipinski definition) is 1. The minimum absolute atomic E-state index is 0.0353. The molecular weight excluding hydrogens is 350 g/mol. The lowest BCUT2D eigenvalue weighted by Crippen LogP contribution is -2.26. The van der Waals surface area contributed by atoms with Crippen LogP contribution in [0.4, 0.5) is 0 Å². The van der Waals surface area contributed by atoms with Gasteiger partial charge in [-0.2, -0.15) is 16.3 Å². The summed E-state index contributed by atoms with van der Waals surface area (Å²) in [6, 6.07) is 7.98. The first-order valence-corrected chi connectivity index (χ1v) is 9.35. The van der Waals surface area contributed by atoms with Crippen LogP contribution in [0.15, 0.2) is 39.5 Å². The molecule has 136 valence electrons. The van der Waals surface area contributed by atoms with Gasteiger partial charge >= 0.3 is 0 Å². The molecule has 1 N–H and O–H groups in total. The highest BCUT2D eigenvalue weighted by Crippen LogP contribution is 2.20. The smallest absolute Gasteiger partial charge is 0.227 e. The molecule has 6 nitrogen and oxygen atoms in total. The van der Waals surface area contributed by atoms with E-state index in [9.17, 15) is 4.79 Å². The van der Waals surface area contributed by atoms with Crippen LogP contribution in [0.5, 0.6) is 5.75 Å². The molecular formula is C19H21N3O3S. The summed E-state index contributed by atoms with van der Waals surface area (Å²) in [6.07, 6.45) is 1.46. The van der Waals surface area contributed by atoms with Crippen LogP contribution in [-0.4, -0.2) is 29.7 Å². The second-order valence-electron chi connectivity index (χ2n) is 5.94. The molecule has 2 aromatic heterocycles. The van der Waals surface area contributed by atoms with Crippen molar-refractivity contribution in [2.24, 2.45) is 0 Å². The maximum absolute atomic E-state index is 12.0. The maximum atomic E-state index is 12.0. The van der Waals surface area contributed by atoms with Crippen LogP contribution < -0.4 is 10.1 Å². The van der Waals surface area contributed by atoms with Gasteiger partial charge in [0.2, 0.25) is 17.6 Å². The Bertz CT molecular complexity index is 859. The Morgan fingerprint density at radius 2 is 2.19 bits per heavy atom. The van der Waals surface area contributed by atoms with Crippen molar-refractivity contribution in [1.29, 1.82) is 0 Å². The normalized spacial score (nSPS) is 10.7. The number of aromatic nitrogens is 2. The number of amides is 1. The van der Waals surface area contributed by atoms with Crippen LogP contribution in [0.3, 0.4) is 0 Å². The molecule has 0 bridgehead atoms. The lowest BCUT2D eigenvalue weighted by atomic mass is 10.1. The number of ether oxygens (including phenoxy) is 1. The highest BCUT2D eigenvalue weighted by Gasteiger charge is 2.11. The topological polar surface area (TPSA) is 77.2 Å². The predicted molar refractivity (Wildman–Crippen MR) is 100 cm³/mol. The molecule has 0 fully saturated rings. The largest absolute Gasteiger partial charge is 0.496 e. The molecule has 26 heavy (non-hydrogen) atoms. The maximum Gasteiger partial charge on any atom is 0.227 e. The van der Waals surface area contributed by atoms with Crippen molar-refractivity contribution in [1.82, 2.24) is 15.5 Å². The number of rotatable bonds is 8. The van der Waals surface area contributed by atoms with Gasteiger partial charge in [-0.15, -0.1) is 0 Å². The van der Waals surface area contributed by atoms with Crippen molar-refractivity contribution in [3.63, 3.8) is 0 Å². The van der Waals surface area contributed by atoms with E-state index >= 15 is 0 Å². The van der Waals surface area contributed by atoms with Crippen LogP contribution >= 0.6 is 11.3 Å². The van der Waals surface area contributed by atoms with Crippen molar-refractivity contribution in [3.8, 4) is 17.1 Å². The second-order valence-corrected chi connectivity index (χ2v) is 6.72. The molecule has 0 saturated carbocycles. The molecule has 0 aliphatic rings. The van der Waals surface area contributed by atoms with Gasteiger partial charge in [0.15, 0.2) is 0 Å². The van der Waals surface area contributed by atoms with Crippen molar-refractivity contribution in [2.45, 2.75) is 26.2 Å². The highest BCUT2D eigenvalue weighted by atomic mass is 32.1. The first-order chi connectivity index (χ1) is 12.7. The highest BCUT2D eigenvalue weighted by molar-refractivity contribution is 7.08. The molecule has 0 spiro atoms. The molecule has 2 heterocycles. The molecule has 0 saturated heterocycles. The van der Waals surface area contributed by atoms with E-state index in [2.05, 4.69) is 21.5 Å². The Kier molecular flexibility index (Phi) is 6.01. The van der Waals surface area contributed by atoms with E-state index in [0.29, 0.717) is 31.1 Å². The molecule has 3 rings (SSSR count). The summed E-state index contributed by atoms with van der Waals surface area (Å²) in [5.41, 5.74) is 3.19. The Morgan fingerprint density at radius 1 is 1.31 bits per heavy atom. The quantitative estimate of drug-likeness (QED) is 0.657. The van der Waals surface area contributed by atoms with Gasteiger partial charge in [-0.05, 0) is 36.4 Å². The van der Waals surface area contributed by atoms with Gasteiger partial charge in [0.25, 0.3) is 0 Å². The van der Waals surface area contributed by atoms with Gasteiger partial charge in [0.1, 0.15) is 5.75 Å². The lowest BCUT2D eigenvalue weighted by Gasteiger charge is -2.10. The van der Waals surface area contributed by atoms with E-state index in [-0.39, 0.29) is 5.91 Å². The van der Waals surface area contributed by atoms with Crippen molar-refractivity contribution in [3.05, 3.63) is 52.0 Å². The first-order valence-electron chi connectivity index (χ1n) is 8.41. The minimum atomic E-state index is -0.0353. The van der Waals surface area contributed by atoms with E-state index in [4.69, 9.17) is 9.26 Å². The van der Waals surface area contributed by atoms with Gasteiger partial charge in [0, 0.05) is 30.3 Å². The minimum Gasteiger partial charge on any atom is -0.496 e. The zero-order valence-corrected chi connectivity index (χ0v) is 15.6. The third-order valence-electron chi connectivity index (χ3n) is 3.97. The molecule has 0 unspecified atom stereocenters. The number of hydrogen-bond acceptors (Lipinski definition) is 6. The van der Waals surface area contributed by atoms with Gasteiger partial charge in [-0.25, -0.2) is 0 Å². The Morgan fingerprint density at radius 3 is 2.96 bits per heavy atom. The zero-order chi connectivity index (χ0) is 18.4.